The van der Waals surface area contributed by atoms with E-state index in [1.54, 1.807) is 12.1 Å². The van der Waals surface area contributed by atoms with Gasteiger partial charge >= 0.3 is 0 Å². The SMILES string of the molecule is CC(C)C1CN(Cc2cccc(F)c2F)CCN1. The molecule has 1 aromatic rings. The number of hydrogen-bond donors (Lipinski definition) is 1. The highest BCUT2D eigenvalue weighted by molar-refractivity contribution is 5.19. The van der Waals surface area contributed by atoms with Crippen LogP contribution in [0.2, 0.25) is 0 Å². The zero-order valence-electron chi connectivity index (χ0n) is 10.9. The normalized spacial score (nSPS) is 21.5. The first-order valence-corrected chi connectivity index (χ1v) is 6.46. The average molecular weight is 254 g/mol. The summed E-state index contributed by atoms with van der Waals surface area (Å²) in [5.74, 6) is -0.926. The molecule has 2 nitrogen and oxygen atoms in total. The second kappa shape index (κ2) is 5.76. The van der Waals surface area contributed by atoms with Gasteiger partial charge in [0.1, 0.15) is 0 Å². The Balaban J connectivity index is 2.03. The molecule has 2 rings (SSSR count). The number of benzene rings is 1. The van der Waals surface area contributed by atoms with E-state index >= 15 is 0 Å². The molecule has 0 bridgehead atoms. The Kier molecular flexibility index (Phi) is 4.30. The second-order valence-electron chi connectivity index (χ2n) is 5.25. The molecule has 0 saturated carbocycles. The van der Waals surface area contributed by atoms with Gasteiger partial charge in [-0.05, 0) is 12.0 Å². The highest BCUT2D eigenvalue weighted by atomic mass is 19.2. The molecular formula is C14H20F2N2. The van der Waals surface area contributed by atoms with Crippen molar-refractivity contribution in [3.05, 3.63) is 35.4 Å². The van der Waals surface area contributed by atoms with E-state index in [0.717, 1.165) is 25.7 Å². The molecule has 18 heavy (non-hydrogen) atoms. The minimum absolute atomic E-state index is 0.426. The van der Waals surface area contributed by atoms with Crippen LogP contribution in [0.5, 0.6) is 0 Å². The predicted molar refractivity (Wildman–Crippen MR) is 68.3 cm³/mol. The van der Waals surface area contributed by atoms with Gasteiger partial charge in [-0.1, -0.05) is 26.0 Å². The minimum Gasteiger partial charge on any atom is -0.311 e. The van der Waals surface area contributed by atoms with Gasteiger partial charge in [-0.2, -0.15) is 0 Å². The van der Waals surface area contributed by atoms with Crippen LogP contribution in [0.4, 0.5) is 8.78 Å². The number of nitrogens with zero attached hydrogens (tertiary/aromatic N) is 1. The fraction of sp³-hybridized carbons (Fsp3) is 0.571. The highest BCUT2D eigenvalue weighted by Gasteiger charge is 2.22. The van der Waals surface area contributed by atoms with Gasteiger partial charge in [0.05, 0.1) is 0 Å². The van der Waals surface area contributed by atoms with Gasteiger partial charge in [0, 0.05) is 37.8 Å². The van der Waals surface area contributed by atoms with E-state index in [-0.39, 0.29) is 0 Å². The van der Waals surface area contributed by atoms with Gasteiger partial charge in [0.15, 0.2) is 11.6 Å². The monoisotopic (exact) mass is 254 g/mol. The molecule has 0 spiro atoms. The molecular weight excluding hydrogens is 234 g/mol. The van der Waals surface area contributed by atoms with Crippen LogP contribution in [0.15, 0.2) is 18.2 Å². The molecule has 1 aromatic carbocycles. The van der Waals surface area contributed by atoms with Crippen LogP contribution in [0, 0.1) is 17.6 Å². The Morgan fingerprint density at radius 2 is 2.17 bits per heavy atom. The Morgan fingerprint density at radius 1 is 1.39 bits per heavy atom. The van der Waals surface area contributed by atoms with E-state index in [1.165, 1.54) is 0 Å². The number of halogens is 2. The molecule has 1 N–H and O–H groups in total. The van der Waals surface area contributed by atoms with Crippen molar-refractivity contribution >= 4 is 0 Å². The van der Waals surface area contributed by atoms with Crippen molar-refractivity contribution in [2.24, 2.45) is 5.92 Å². The van der Waals surface area contributed by atoms with Crippen LogP contribution < -0.4 is 5.32 Å². The fourth-order valence-corrected chi connectivity index (χ4v) is 2.34. The van der Waals surface area contributed by atoms with Gasteiger partial charge in [-0.3, -0.25) is 4.90 Å². The minimum atomic E-state index is -0.761. The molecule has 1 atom stereocenters. The summed E-state index contributed by atoms with van der Waals surface area (Å²) in [6, 6.07) is 4.81. The lowest BCUT2D eigenvalue weighted by molar-refractivity contribution is 0.166. The summed E-state index contributed by atoms with van der Waals surface area (Å²) in [5, 5.41) is 3.45. The molecule has 1 aliphatic heterocycles. The van der Waals surface area contributed by atoms with Crippen LogP contribution in [0.1, 0.15) is 19.4 Å². The van der Waals surface area contributed by atoms with Crippen molar-refractivity contribution in [1.29, 1.82) is 0 Å². The zero-order valence-corrected chi connectivity index (χ0v) is 10.9. The van der Waals surface area contributed by atoms with Crippen molar-refractivity contribution in [2.45, 2.75) is 26.4 Å². The smallest absolute Gasteiger partial charge is 0.163 e. The maximum atomic E-state index is 13.6. The van der Waals surface area contributed by atoms with Crippen molar-refractivity contribution in [3.63, 3.8) is 0 Å². The lowest BCUT2D eigenvalue weighted by Crippen LogP contribution is -2.52. The molecule has 1 fully saturated rings. The van der Waals surface area contributed by atoms with E-state index in [4.69, 9.17) is 0 Å². The molecule has 0 radical (unpaired) electrons. The van der Waals surface area contributed by atoms with E-state index in [9.17, 15) is 8.78 Å². The van der Waals surface area contributed by atoms with E-state index in [1.807, 2.05) is 0 Å². The van der Waals surface area contributed by atoms with Gasteiger partial charge in [-0.25, -0.2) is 8.78 Å². The van der Waals surface area contributed by atoms with Crippen molar-refractivity contribution in [2.75, 3.05) is 19.6 Å². The lowest BCUT2D eigenvalue weighted by atomic mass is 10.0. The summed E-state index contributed by atoms with van der Waals surface area (Å²) in [4.78, 5) is 2.18. The first-order chi connectivity index (χ1) is 8.58. The van der Waals surface area contributed by atoms with Crippen LogP contribution >= 0.6 is 0 Å². The third-order valence-corrected chi connectivity index (χ3v) is 3.52. The van der Waals surface area contributed by atoms with Gasteiger partial charge in [0.2, 0.25) is 0 Å². The summed E-state index contributed by atoms with van der Waals surface area (Å²) in [6.45, 7) is 7.48. The Hall–Kier alpha value is -1.00. The molecule has 0 aliphatic carbocycles. The van der Waals surface area contributed by atoms with Gasteiger partial charge in [0.25, 0.3) is 0 Å². The molecule has 4 heteroatoms. The molecule has 1 aliphatic rings. The molecule has 0 amide bonds. The first kappa shape index (κ1) is 13.4. The predicted octanol–water partition coefficient (Wildman–Crippen LogP) is 2.39. The third-order valence-electron chi connectivity index (χ3n) is 3.52. The fourth-order valence-electron chi connectivity index (χ4n) is 2.34. The maximum absolute atomic E-state index is 13.6. The number of piperazine rings is 1. The summed E-state index contributed by atoms with van der Waals surface area (Å²) < 4.78 is 26.7. The molecule has 1 heterocycles. The van der Waals surface area contributed by atoms with Gasteiger partial charge < -0.3 is 5.32 Å². The summed E-state index contributed by atoms with van der Waals surface area (Å²) in [6.07, 6.45) is 0. The van der Waals surface area contributed by atoms with E-state index in [0.29, 0.717) is 24.1 Å². The molecule has 1 unspecified atom stereocenters. The van der Waals surface area contributed by atoms with Crippen LogP contribution in [0.25, 0.3) is 0 Å². The van der Waals surface area contributed by atoms with Crippen LogP contribution in [-0.2, 0) is 6.54 Å². The Labute approximate surface area is 107 Å². The number of nitrogens with one attached hydrogen (secondary N) is 1. The van der Waals surface area contributed by atoms with Crippen molar-refractivity contribution < 1.29 is 8.78 Å². The lowest BCUT2D eigenvalue weighted by Gasteiger charge is -2.35. The topological polar surface area (TPSA) is 15.3 Å². The van der Waals surface area contributed by atoms with Gasteiger partial charge in [-0.15, -0.1) is 0 Å². The number of rotatable bonds is 3. The van der Waals surface area contributed by atoms with E-state index in [2.05, 4.69) is 24.1 Å². The molecule has 1 saturated heterocycles. The maximum Gasteiger partial charge on any atom is 0.163 e. The summed E-state index contributed by atoms with van der Waals surface area (Å²) in [5.41, 5.74) is 0.444. The van der Waals surface area contributed by atoms with Crippen LogP contribution in [0.3, 0.4) is 0 Å². The summed E-state index contributed by atoms with van der Waals surface area (Å²) in [7, 11) is 0. The second-order valence-corrected chi connectivity index (χ2v) is 5.25. The Morgan fingerprint density at radius 3 is 2.89 bits per heavy atom. The van der Waals surface area contributed by atoms with Crippen molar-refractivity contribution in [1.82, 2.24) is 10.2 Å². The first-order valence-electron chi connectivity index (χ1n) is 6.46. The molecule has 100 valence electrons. The standard InChI is InChI=1S/C14H20F2N2/c1-10(2)13-9-18(7-6-17-13)8-11-4-3-5-12(15)14(11)16/h3-5,10,13,17H,6-9H2,1-2H3. The quantitative estimate of drug-likeness (QED) is 0.891. The average Bonchev–Trinajstić information content (AvgIpc) is 2.35. The highest BCUT2D eigenvalue weighted by Crippen LogP contribution is 2.16. The van der Waals surface area contributed by atoms with Crippen molar-refractivity contribution in [3.8, 4) is 0 Å². The zero-order chi connectivity index (χ0) is 13.1. The van der Waals surface area contributed by atoms with Crippen LogP contribution in [-0.4, -0.2) is 30.6 Å². The third kappa shape index (κ3) is 3.06. The van der Waals surface area contributed by atoms with E-state index < -0.39 is 11.6 Å². The Bertz CT molecular complexity index is 407. The molecule has 0 aromatic heterocycles. The largest absolute Gasteiger partial charge is 0.311 e. The number of hydrogen-bond acceptors (Lipinski definition) is 2. The summed E-state index contributed by atoms with van der Waals surface area (Å²) >= 11 is 0.